The van der Waals surface area contributed by atoms with Crippen molar-refractivity contribution in [3.63, 3.8) is 0 Å². The maximum atomic E-state index is 11.1. The Morgan fingerprint density at radius 1 is 1.33 bits per heavy atom. The second-order valence-corrected chi connectivity index (χ2v) is 4.45. The summed E-state index contributed by atoms with van der Waals surface area (Å²) in [5, 5.41) is 0. The molecule has 5 nitrogen and oxygen atoms in total. The van der Waals surface area contributed by atoms with Crippen LogP contribution in [0.25, 0.3) is 0 Å². The van der Waals surface area contributed by atoms with E-state index in [4.69, 9.17) is 16.2 Å². The number of primary amides is 1. The summed E-state index contributed by atoms with van der Waals surface area (Å²) in [5.74, 6) is 0.238. The van der Waals surface area contributed by atoms with Crippen molar-refractivity contribution < 1.29 is 9.53 Å². The maximum Gasteiger partial charge on any atom is 0.251 e. The number of ether oxygens (including phenoxy) is 1. The van der Waals surface area contributed by atoms with Gasteiger partial charge in [0.2, 0.25) is 5.88 Å². The van der Waals surface area contributed by atoms with E-state index in [2.05, 4.69) is 20.9 Å². The molecule has 1 amide bonds. The number of nitrogens with two attached hydrogens (primary N) is 2. The Hall–Kier alpha value is -2.08. The number of nitrogen functional groups attached to an aromatic ring is 1. The minimum atomic E-state index is -0.617. The second kappa shape index (κ2) is 5.05. The molecule has 1 aromatic heterocycles. The van der Waals surface area contributed by atoms with Crippen LogP contribution in [0.1, 0.15) is 10.4 Å². The Bertz CT molecular complexity index is 602. The first-order chi connectivity index (χ1) is 8.56. The molecule has 0 fully saturated rings. The third-order valence-corrected chi connectivity index (χ3v) is 2.69. The van der Waals surface area contributed by atoms with Crippen molar-refractivity contribution in [1.29, 1.82) is 0 Å². The van der Waals surface area contributed by atoms with Gasteiger partial charge in [0, 0.05) is 10.5 Å². The van der Waals surface area contributed by atoms with E-state index in [0.717, 1.165) is 4.47 Å². The lowest BCUT2D eigenvalue weighted by Gasteiger charge is -2.07. The molecular weight excluding hydrogens is 298 g/mol. The molecule has 6 heteroatoms. The van der Waals surface area contributed by atoms with E-state index in [0.29, 0.717) is 5.75 Å². The van der Waals surface area contributed by atoms with Crippen LogP contribution in [0.5, 0.6) is 11.6 Å². The van der Waals surface area contributed by atoms with Gasteiger partial charge >= 0.3 is 0 Å². The zero-order valence-corrected chi connectivity index (χ0v) is 10.8. The molecule has 0 saturated heterocycles. The van der Waals surface area contributed by atoms with Crippen LogP contribution in [0.4, 0.5) is 5.69 Å². The van der Waals surface area contributed by atoms with Crippen LogP contribution in [-0.2, 0) is 0 Å². The number of amides is 1. The summed E-state index contributed by atoms with van der Waals surface area (Å²) in [4.78, 5) is 15.1. The first-order valence-corrected chi connectivity index (χ1v) is 5.84. The predicted molar refractivity (Wildman–Crippen MR) is 71.4 cm³/mol. The number of benzene rings is 1. The fourth-order valence-corrected chi connectivity index (χ4v) is 1.75. The third-order valence-electron chi connectivity index (χ3n) is 2.19. The monoisotopic (exact) mass is 307 g/mol. The van der Waals surface area contributed by atoms with Crippen LogP contribution in [0.3, 0.4) is 0 Å². The number of hydrogen-bond donors (Lipinski definition) is 2. The first kappa shape index (κ1) is 12.4. The van der Waals surface area contributed by atoms with Crippen molar-refractivity contribution in [2.75, 3.05) is 5.73 Å². The van der Waals surface area contributed by atoms with Gasteiger partial charge in [0.05, 0.1) is 17.4 Å². The van der Waals surface area contributed by atoms with Crippen molar-refractivity contribution in [1.82, 2.24) is 4.98 Å². The molecule has 0 aliphatic carbocycles. The minimum Gasteiger partial charge on any atom is -0.439 e. The minimum absolute atomic E-state index is 0.190. The first-order valence-electron chi connectivity index (χ1n) is 5.05. The molecule has 0 atom stereocenters. The van der Waals surface area contributed by atoms with Crippen molar-refractivity contribution in [2.45, 2.75) is 0 Å². The number of carbonyl (C=O) groups is 1. The van der Waals surface area contributed by atoms with Crippen LogP contribution in [0, 0.1) is 0 Å². The Balaban J connectivity index is 2.30. The quantitative estimate of drug-likeness (QED) is 0.910. The van der Waals surface area contributed by atoms with Gasteiger partial charge in [-0.15, -0.1) is 0 Å². The van der Waals surface area contributed by atoms with E-state index in [9.17, 15) is 4.79 Å². The molecule has 4 N–H and O–H groups in total. The highest BCUT2D eigenvalue weighted by Gasteiger charge is 2.09. The average molecular weight is 308 g/mol. The number of anilines is 1. The van der Waals surface area contributed by atoms with Gasteiger partial charge in [-0.3, -0.25) is 4.79 Å². The van der Waals surface area contributed by atoms with Crippen LogP contribution in [0.2, 0.25) is 0 Å². The van der Waals surface area contributed by atoms with Gasteiger partial charge in [-0.05, 0) is 18.2 Å². The van der Waals surface area contributed by atoms with Crippen molar-refractivity contribution in [3.05, 3.63) is 46.6 Å². The molecular formula is C12H10BrN3O2. The average Bonchev–Trinajstić information content (AvgIpc) is 2.31. The Morgan fingerprint density at radius 2 is 2.11 bits per heavy atom. The summed E-state index contributed by atoms with van der Waals surface area (Å²) in [6.07, 6.45) is 1.34. The number of carbonyl (C=O) groups excluding carboxylic acids is 1. The lowest BCUT2D eigenvalue weighted by atomic mass is 10.2. The molecule has 1 aromatic carbocycles. The molecule has 18 heavy (non-hydrogen) atoms. The van der Waals surface area contributed by atoms with Gasteiger partial charge < -0.3 is 16.2 Å². The Morgan fingerprint density at radius 3 is 2.78 bits per heavy atom. The molecule has 0 aliphatic heterocycles. The van der Waals surface area contributed by atoms with Crippen LogP contribution >= 0.6 is 15.9 Å². The molecule has 2 rings (SSSR count). The summed E-state index contributed by atoms with van der Waals surface area (Å²) in [7, 11) is 0. The molecule has 0 radical (unpaired) electrons. The summed E-state index contributed by atoms with van der Waals surface area (Å²) in [6.45, 7) is 0. The molecule has 0 saturated carbocycles. The van der Waals surface area contributed by atoms with Crippen LogP contribution in [-0.4, -0.2) is 10.9 Å². The van der Waals surface area contributed by atoms with E-state index >= 15 is 0 Å². The van der Waals surface area contributed by atoms with Gasteiger partial charge in [-0.2, -0.15) is 0 Å². The fraction of sp³-hybridized carbons (Fsp3) is 0. The number of pyridine rings is 1. The van der Waals surface area contributed by atoms with E-state index in [1.807, 2.05) is 12.1 Å². The lowest BCUT2D eigenvalue weighted by Crippen LogP contribution is -2.13. The van der Waals surface area contributed by atoms with E-state index < -0.39 is 5.91 Å². The topological polar surface area (TPSA) is 91.2 Å². The van der Waals surface area contributed by atoms with Crippen LogP contribution in [0.15, 0.2) is 41.0 Å². The smallest absolute Gasteiger partial charge is 0.251 e. The standard InChI is InChI=1S/C12H10BrN3O2/c13-7-2-1-3-8(4-7)18-11-5-9(12(15)17)10(14)6-16-11/h1-6H,14H2,(H2,15,17). The van der Waals surface area contributed by atoms with Crippen molar-refractivity contribution >= 4 is 27.5 Å². The zero-order valence-electron chi connectivity index (χ0n) is 9.26. The van der Waals surface area contributed by atoms with Gasteiger partial charge in [0.15, 0.2) is 0 Å². The zero-order chi connectivity index (χ0) is 13.1. The van der Waals surface area contributed by atoms with Gasteiger partial charge in [-0.25, -0.2) is 4.98 Å². The largest absolute Gasteiger partial charge is 0.439 e. The summed E-state index contributed by atoms with van der Waals surface area (Å²) >= 11 is 3.33. The molecule has 0 bridgehead atoms. The normalized spacial score (nSPS) is 10.1. The summed E-state index contributed by atoms with van der Waals surface area (Å²) in [5.41, 5.74) is 11.2. The highest BCUT2D eigenvalue weighted by atomic mass is 79.9. The lowest BCUT2D eigenvalue weighted by molar-refractivity contribution is 0.100. The third kappa shape index (κ3) is 2.78. The number of hydrogen-bond acceptors (Lipinski definition) is 4. The SMILES string of the molecule is NC(=O)c1cc(Oc2cccc(Br)c2)ncc1N. The summed E-state index contributed by atoms with van der Waals surface area (Å²) in [6, 6.07) is 8.66. The number of rotatable bonds is 3. The molecule has 0 unspecified atom stereocenters. The summed E-state index contributed by atoms with van der Waals surface area (Å²) < 4.78 is 6.38. The maximum absolute atomic E-state index is 11.1. The molecule has 2 aromatic rings. The Kier molecular flexibility index (Phi) is 3.47. The number of aromatic nitrogens is 1. The van der Waals surface area contributed by atoms with Gasteiger partial charge in [0.25, 0.3) is 5.91 Å². The van der Waals surface area contributed by atoms with E-state index in [1.54, 1.807) is 12.1 Å². The molecule has 1 heterocycles. The van der Waals surface area contributed by atoms with Gasteiger partial charge in [-0.1, -0.05) is 22.0 Å². The van der Waals surface area contributed by atoms with E-state index in [1.165, 1.54) is 12.3 Å². The number of nitrogens with zero attached hydrogens (tertiary/aromatic N) is 1. The molecule has 0 aliphatic rings. The highest BCUT2D eigenvalue weighted by molar-refractivity contribution is 9.10. The molecule has 92 valence electrons. The van der Waals surface area contributed by atoms with Crippen molar-refractivity contribution in [2.24, 2.45) is 5.73 Å². The Labute approximate surface area is 112 Å². The van der Waals surface area contributed by atoms with Crippen LogP contribution < -0.4 is 16.2 Å². The van der Waals surface area contributed by atoms with Gasteiger partial charge in [0.1, 0.15) is 5.75 Å². The van der Waals surface area contributed by atoms with E-state index in [-0.39, 0.29) is 17.1 Å². The molecule has 0 spiro atoms. The fourth-order valence-electron chi connectivity index (χ4n) is 1.37. The highest BCUT2D eigenvalue weighted by Crippen LogP contribution is 2.24. The predicted octanol–water partition coefficient (Wildman–Crippen LogP) is 2.32. The van der Waals surface area contributed by atoms with Crippen molar-refractivity contribution in [3.8, 4) is 11.6 Å². The number of halogens is 1. The second-order valence-electron chi connectivity index (χ2n) is 3.53.